The highest BCUT2D eigenvalue weighted by Crippen LogP contribution is 2.38. The van der Waals surface area contributed by atoms with Gasteiger partial charge in [-0.2, -0.15) is 13.2 Å². The summed E-state index contributed by atoms with van der Waals surface area (Å²) in [6.45, 7) is 5.59. The normalized spacial score (nSPS) is 19.3. The van der Waals surface area contributed by atoms with Gasteiger partial charge >= 0.3 is 18.3 Å². The molecule has 2 saturated heterocycles. The van der Waals surface area contributed by atoms with Gasteiger partial charge in [-0.25, -0.2) is 14.5 Å². The lowest BCUT2D eigenvalue weighted by Gasteiger charge is -2.37. The van der Waals surface area contributed by atoms with E-state index in [0.29, 0.717) is 0 Å². The summed E-state index contributed by atoms with van der Waals surface area (Å²) >= 11 is 5.72. The number of carbonyl (C=O) groups excluding carboxylic acids is 3. The molecule has 164 valence electrons. The quantitative estimate of drug-likeness (QED) is 0.655. The van der Waals surface area contributed by atoms with E-state index in [0.717, 1.165) is 23.1 Å². The van der Waals surface area contributed by atoms with Crippen molar-refractivity contribution in [2.45, 2.75) is 50.9 Å². The summed E-state index contributed by atoms with van der Waals surface area (Å²) in [5.74, 6) is -0.591. The summed E-state index contributed by atoms with van der Waals surface area (Å²) < 4.78 is 44.1. The van der Waals surface area contributed by atoms with E-state index >= 15 is 0 Å². The predicted molar refractivity (Wildman–Crippen MR) is 102 cm³/mol. The zero-order valence-electron chi connectivity index (χ0n) is 16.6. The number of anilines is 1. The molecule has 2 heterocycles. The lowest BCUT2D eigenvalue weighted by atomic mass is 9.87. The van der Waals surface area contributed by atoms with Gasteiger partial charge in [-0.15, -0.1) is 0 Å². The molecule has 0 bridgehead atoms. The average Bonchev–Trinajstić information content (AvgIpc) is 2.82. The van der Waals surface area contributed by atoms with Crippen molar-refractivity contribution < 1.29 is 32.3 Å². The summed E-state index contributed by atoms with van der Waals surface area (Å²) in [5, 5.41) is 2.02. The lowest BCUT2D eigenvalue weighted by molar-refractivity contribution is -0.137. The number of piperidine rings is 1. The van der Waals surface area contributed by atoms with E-state index in [1.807, 2.05) is 0 Å². The van der Waals surface area contributed by atoms with Gasteiger partial charge in [0.25, 0.3) is 5.91 Å². The number of hydrogen-bond acceptors (Lipinski definition) is 4. The first-order chi connectivity index (χ1) is 13.7. The maximum absolute atomic E-state index is 13.0. The molecule has 11 heteroatoms. The largest absolute Gasteiger partial charge is 0.444 e. The maximum Gasteiger partial charge on any atom is 0.417 e. The Morgan fingerprint density at radius 1 is 1.17 bits per heavy atom. The molecule has 1 spiro atoms. The van der Waals surface area contributed by atoms with Crippen LogP contribution in [0.2, 0.25) is 5.02 Å². The van der Waals surface area contributed by atoms with E-state index in [1.54, 1.807) is 20.8 Å². The van der Waals surface area contributed by atoms with Crippen molar-refractivity contribution in [3.63, 3.8) is 0 Å². The minimum Gasteiger partial charge on any atom is -0.444 e. The SMILES string of the molecule is CC(C)(C)OC(=O)N1CCC2(CC1)NC(=O)N(c1ccc(C(F)(F)F)c(Cl)c1)C2=O. The summed E-state index contributed by atoms with van der Waals surface area (Å²) in [6.07, 6.45) is -4.85. The maximum atomic E-state index is 13.0. The number of nitrogens with one attached hydrogen (secondary N) is 1. The fraction of sp³-hybridized carbons (Fsp3) is 0.526. The van der Waals surface area contributed by atoms with Crippen LogP contribution < -0.4 is 10.2 Å². The summed E-state index contributed by atoms with van der Waals surface area (Å²) in [5.41, 5.74) is -3.00. The van der Waals surface area contributed by atoms with E-state index in [2.05, 4.69) is 5.32 Å². The van der Waals surface area contributed by atoms with Crippen LogP contribution in [-0.2, 0) is 15.7 Å². The van der Waals surface area contributed by atoms with Gasteiger partial charge in [0, 0.05) is 13.1 Å². The molecule has 0 unspecified atom stereocenters. The Bertz CT molecular complexity index is 890. The predicted octanol–water partition coefficient (Wildman–Crippen LogP) is 4.18. The Balaban J connectivity index is 1.76. The highest BCUT2D eigenvalue weighted by atomic mass is 35.5. The molecular formula is C19H21ClF3N3O4. The van der Waals surface area contributed by atoms with E-state index in [1.165, 1.54) is 4.90 Å². The molecule has 30 heavy (non-hydrogen) atoms. The molecule has 1 aromatic carbocycles. The fourth-order valence-corrected chi connectivity index (χ4v) is 3.75. The number of carbonyl (C=O) groups is 3. The number of nitrogens with zero attached hydrogens (tertiary/aromatic N) is 2. The Morgan fingerprint density at radius 3 is 2.27 bits per heavy atom. The van der Waals surface area contributed by atoms with Gasteiger partial charge in [-0.3, -0.25) is 4.79 Å². The van der Waals surface area contributed by atoms with E-state index in [4.69, 9.17) is 16.3 Å². The molecule has 1 N–H and O–H groups in total. The Labute approximate surface area is 176 Å². The van der Waals surface area contributed by atoms with Crippen LogP contribution in [0, 0.1) is 0 Å². The van der Waals surface area contributed by atoms with Crippen LogP contribution in [-0.4, -0.2) is 47.2 Å². The molecule has 2 aliphatic rings. The standard InChI is InChI=1S/C19H21ClF3N3O4/c1-17(2,3)30-16(29)25-8-6-18(7-9-25)14(27)26(15(28)24-18)11-4-5-12(13(20)10-11)19(21,22)23/h4-5,10H,6-9H2,1-3H3,(H,24,28). The molecule has 0 aliphatic carbocycles. The minimum absolute atomic E-state index is 0.0538. The Kier molecular flexibility index (Phi) is 5.43. The van der Waals surface area contributed by atoms with E-state index < -0.39 is 45.9 Å². The second-order valence-electron chi connectivity index (χ2n) is 8.28. The van der Waals surface area contributed by atoms with E-state index in [9.17, 15) is 27.6 Å². The molecule has 0 saturated carbocycles. The van der Waals surface area contributed by atoms with Crippen LogP contribution in [0.15, 0.2) is 18.2 Å². The third-order valence-corrected chi connectivity index (χ3v) is 5.26. The van der Waals surface area contributed by atoms with Gasteiger partial charge in [0.1, 0.15) is 11.1 Å². The molecule has 2 fully saturated rings. The third-order valence-electron chi connectivity index (χ3n) is 4.95. The van der Waals surface area contributed by atoms with Gasteiger partial charge in [-0.1, -0.05) is 11.6 Å². The molecule has 1 aromatic rings. The van der Waals surface area contributed by atoms with Gasteiger partial charge in [0.15, 0.2) is 0 Å². The number of imide groups is 1. The number of alkyl halides is 3. The van der Waals surface area contributed by atoms with Gasteiger partial charge in [-0.05, 0) is 51.8 Å². The van der Waals surface area contributed by atoms with Crippen LogP contribution in [0.25, 0.3) is 0 Å². The van der Waals surface area contributed by atoms with Crippen LogP contribution in [0.4, 0.5) is 28.4 Å². The van der Waals surface area contributed by atoms with Crippen molar-refractivity contribution in [3.8, 4) is 0 Å². The number of benzene rings is 1. The van der Waals surface area contributed by atoms with Crippen LogP contribution in [0.3, 0.4) is 0 Å². The first kappa shape index (κ1) is 22.2. The Hall–Kier alpha value is -2.49. The zero-order chi connectivity index (χ0) is 22.5. The third kappa shape index (κ3) is 4.19. The first-order valence-corrected chi connectivity index (χ1v) is 9.63. The van der Waals surface area contributed by atoms with Crippen molar-refractivity contribution in [2.24, 2.45) is 0 Å². The smallest absolute Gasteiger partial charge is 0.417 e. The highest BCUT2D eigenvalue weighted by molar-refractivity contribution is 6.32. The second kappa shape index (κ2) is 7.33. The topological polar surface area (TPSA) is 79.0 Å². The summed E-state index contributed by atoms with van der Waals surface area (Å²) in [4.78, 5) is 40.0. The minimum atomic E-state index is -4.65. The van der Waals surface area contributed by atoms with Crippen molar-refractivity contribution in [1.82, 2.24) is 10.2 Å². The molecule has 7 nitrogen and oxygen atoms in total. The molecule has 0 radical (unpaired) electrons. The first-order valence-electron chi connectivity index (χ1n) is 9.25. The van der Waals surface area contributed by atoms with Crippen molar-refractivity contribution in [3.05, 3.63) is 28.8 Å². The molecule has 2 aliphatic heterocycles. The summed E-state index contributed by atoms with van der Waals surface area (Å²) in [7, 11) is 0. The monoisotopic (exact) mass is 447 g/mol. The number of hydrogen-bond donors (Lipinski definition) is 1. The van der Waals surface area contributed by atoms with Crippen LogP contribution >= 0.6 is 11.6 Å². The van der Waals surface area contributed by atoms with Crippen molar-refractivity contribution in [2.75, 3.05) is 18.0 Å². The molecular weight excluding hydrogens is 427 g/mol. The number of halogens is 4. The molecule has 0 atom stereocenters. The number of rotatable bonds is 1. The van der Waals surface area contributed by atoms with Gasteiger partial charge in [0.2, 0.25) is 0 Å². The van der Waals surface area contributed by atoms with Gasteiger partial charge in [0.05, 0.1) is 16.3 Å². The van der Waals surface area contributed by atoms with Crippen LogP contribution in [0.5, 0.6) is 0 Å². The molecule has 0 aromatic heterocycles. The number of likely N-dealkylation sites (tertiary alicyclic amines) is 1. The second-order valence-corrected chi connectivity index (χ2v) is 8.69. The summed E-state index contributed by atoms with van der Waals surface area (Å²) in [6, 6.07) is 1.95. The number of urea groups is 1. The van der Waals surface area contributed by atoms with E-state index in [-0.39, 0.29) is 31.6 Å². The lowest BCUT2D eigenvalue weighted by Crippen LogP contribution is -2.56. The molecule has 4 amide bonds. The Morgan fingerprint density at radius 2 is 1.77 bits per heavy atom. The van der Waals surface area contributed by atoms with Crippen LogP contribution in [0.1, 0.15) is 39.2 Å². The van der Waals surface area contributed by atoms with Gasteiger partial charge < -0.3 is 15.0 Å². The number of amides is 4. The fourth-order valence-electron chi connectivity index (χ4n) is 3.46. The molecule has 3 rings (SSSR count). The van der Waals surface area contributed by atoms with Crippen molar-refractivity contribution >= 4 is 35.3 Å². The average molecular weight is 448 g/mol. The zero-order valence-corrected chi connectivity index (χ0v) is 17.4. The van der Waals surface area contributed by atoms with Crippen molar-refractivity contribution in [1.29, 1.82) is 0 Å². The number of ether oxygens (including phenoxy) is 1. The highest BCUT2D eigenvalue weighted by Gasteiger charge is 2.53.